The Hall–Kier alpha value is -2.53. The standard InChI is InChI=1S/C19H23N3O2.ClH/c1-12-8-13(2)19(14(3)9-12)22-18(24)11-21-17(23)10-15-4-6-16(20)7-5-15;/h4-9H,10-11,20H2,1-3H3,(H,21,23)(H,22,24);1H. The van der Waals surface area contributed by atoms with Crippen LogP contribution in [0.15, 0.2) is 36.4 Å². The number of nitrogens with one attached hydrogen (secondary N) is 2. The number of aryl methyl sites for hydroxylation is 3. The van der Waals surface area contributed by atoms with E-state index in [4.69, 9.17) is 5.73 Å². The van der Waals surface area contributed by atoms with Crippen LogP contribution in [0.4, 0.5) is 11.4 Å². The summed E-state index contributed by atoms with van der Waals surface area (Å²) >= 11 is 0. The van der Waals surface area contributed by atoms with E-state index in [1.807, 2.05) is 32.9 Å². The average molecular weight is 362 g/mol. The molecular formula is C19H24ClN3O2. The van der Waals surface area contributed by atoms with E-state index in [2.05, 4.69) is 10.6 Å². The molecule has 0 aliphatic rings. The number of hydrogen-bond donors (Lipinski definition) is 3. The summed E-state index contributed by atoms with van der Waals surface area (Å²) < 4.78 is 0. The first-order valence-corrected chi connectivity index (χ1v) is 7.84. The Balaban J connectivity index is 0.00000312. The molecule has 134 valence electrons. The van der Waals surface area contributed by atoms with E-state index in [1.54, 1.807) is 24.3 Å². The third-order valence-corrected chi connectivity index (χ3v) is 3.73. The zero-order chi connectivity index (χ0) is 17.7. The zero-order valence-corrected chi connectivity index (χ0v) is 15.5. The second kappa shape index (κ2) is 9.08. The minimum absolute atomic E-state index is 0. The van der Waals surface area contributed by atoms with Gasteiger partial charge in [-0.15, -0.1) is 12.4 Å². The lowest BCUT2D eigenvalue weighted by molar-refractivity contribution is -0.123. The molecule has 0 saturated carbocycles. The van der Waals surface area contributed by atoms with Crippen LogP contribution in [-0.2, 0) is 16.0 Å². The molecule has 0 aliphatic heterocycles. The van der Waals surface area contributed by atoms with Gasteiger partial charge in [0.25, 0.3) is 0 Å². The molecule has 0 bridgehead atoms. The lowest BCUT2D eigenvalue weighted by atomic mass is 10.1. The maximum atomic E-state index is 12.1. The van der Waals surface area contributed by atoms with Gasteiger partial charge in [0.05, 0.1) is 13.0 Å². The number of anilines is 2. The molecule has 6 heteroatoms. The second-order valence-corrected chi connectivity index (χ2v) is 6.02. The number of nitrogens with two attached hydrogens (primary N) is 1. The van der Waals surface area contributed by atoms with Crippen LogP contribution in [0.5, 0.6) is 0 Å². The highest BCUT2D eigenvalue weighted by Crippen LogP contribution is 2.21. The van der Waals surface area contributed by atoms with E-state index < -0.39 is 0 Å². The Morgan fingerprint density at radius 3 is 2.08 bits per heavy atom. The van der Waals surface area contributed by atoms with Crippen molar-refractivity contribution >= 4 is 35.6 Å². The van der Waals surface area contributed by atoms with Gasteiger partial charge in [-0.1, -0.05) is 29.8 Å². The van der Waals surface area contributed by atoms with Crippen molar-refractivity contribution in [1.29, 1.82) is 0 Å². The van der Waals surface area contributed by atoms with Gasteiger partial charge in [0.15, 0.2) is 0 Å². The van der Waals surface area contributed by atoms with Crippen LogP contribution < -0.4 is 16.4 Å². The Morgan fingerprint density at radius 1 is 0.960 bits per heavy atom. The van der Waals surface area contributed by atoms with Gasteiger partial charge < -0.3 is 16.4 Å². The number of nitrogen functional groups attached to an aromatic ring is 1. The predicted octanol–water partition coefficient (Wildman–Crippen LogP) is 2.91. The van der Waals surface area contributed by atoms with Gasteiger partial charge in [0.2, 0.25) is 11.8 Å². The summed E-state index contributed by atoms with van der Waals surface area (Å²) in [7, 11) is 0. The van der Waals surface area contributed by atoms with Gasteiger partial charge in [0.1, 0.15) is 0 Å². The van der Waals surface area contributed by atoms with Crippen molar-refractivity contribution in [3.63, 3.8) is 0 Å². The molecule has 5 nitrogen and oxygen atoms in total. The zero-order valence-electron chi connectivity index (χ0n) is 14.7. The quantitative estimate of drug-likeness (QED) is 0.716. The number of halogens is 1. The average Bonchev–Trinajstić information content (AvgIpc) is 2.51. The number of carbonyl (C=O) groups excluding carboxylic acids is 2. The molecule has 0 saturated heterocycles. The van der Waals surface area contributed by atoms with Crippen molar-refractivity contribution in [2.45, 2.75) is 27.2 Å². The van der Waals surface area contributed by atoms with Gasteiger partial charge >= 0.3 is 0 Å². The molecule has 0 radical (unpaired) electrons. The molecule has 2 aromatic carbocycles. The second-order valence-electron chi connectivity index (χ2n) is 6.02. The molecule has 0 aromatic heterocycles. The molecule has 0 fully saturated rings. The van der Waals surface area contributed by atoms with Gasteiger partial charge in [-0.2, -0.15) is 0 Å². The van der Waals surface area contributed by atoms with E-state index in [1.165, 1.54) is 0 Å². The van der Waals surface area contributed by atoms with Crippen LogP contribution in [0.1, 0.15) is 22.3 Å². The van der Waals surface area contributed by atoms with Crippen molar-refractivity contribution in [1.82, 2.24) is 5.32 Å². The first-order valence-electron chi connectivity index (χ1n) is 7.84. The first kappa shape index (κ1) is 20.5. The summed E-state index contributed by atoms with van der Waals surface area (Å²) in [5.74, 6) is -0.442. The lowest BCUT2D eigenvalue weighted by Gasteiger charge is -2.13. The highest BCUT2D eigenvalue weighted by atomic mass is 35.5. The van der Waals surface area contributed by atoms with Crippen molar-refractivity contribution in [2.75, 3.05) is 17.6 Å². The first-order chi connectivity index (χ1) is 11.3. The highest BCUT2D eigenvalue weighted by Gasteiger charge is 2.10. The van der Waals surface area contributed by atoms with E-state index in [-0.39, 0.29) is 37.2 Å². The molecule has 2 amide bonds. The Kier molecular flexibility index (Phi) is 7.45. The molecule has 0 aliphatic carbocycles. The van der Waals surface area contributed by atoms with E-state index >= 15 is 0 Å². The minimum atomic E-state index is -0.240. The lowest BCUT2D eigenvalue weighted by Crippen LogP contribution is -2.34. The van der Waals surface area contributed by atoms with Crippen LogP contribution in [0.2, 0.25) is 0 Å². The highest BCUT2D eigenvalue weighted by molar-refractivity contribution is 5.96. The Morgan fingerprint density at radius 2 is 1.52 bits per heavy atom. The topological polar surface area (TPSA) is 84.2 Å². The van der Waals surface area contributed by atoms with Gasteiger partial charge in [-0.25, -0.2) is 0 Å². The summed E-state index contributed by atoms with van der Waals surface area (Å²) in [6, 6.07) is 11.1. The van der Waals surface area contributed by atoms with Gasteiger partial charge in [0, 0.05) is 11.4 Å². The molecule has 0 heterocycles. The number of hydrogen-bond acceptors (Lipinski definition) is 3. The molecule has 0 atom stereocenters. The normalized spacial score (nSPS) is 9.88. The third kappa shape index (κ3) is 6.12. The number of amides is 2. The molecule has 2 rings (SSSR count). The smallest absolute Gasteiger partial charge is 0.243 e. The summed E-state index contributed by atoms with van der Waals surface area (Å²) in [6.45, 7) is 5.87. The van der Waals surface area contributed by atoms with Crippen molar-refractivity contribution in [3.05, 3.63) is 58.7 Å². The number of carbonyl (C=O) groups is 2. The van der Waals surface area contributed by atoms with Gasteiger partial charge in [-0.3, -0.25) is 9.59 Å². The van der Waals surface area contributed by atoms with Crippen LogP contribution >= 0.6 is 12.4 Å². The third-order valence-electron chi connectivity index (χ3n) is 3.73. The van der Waals surface area contributed by atoms with Crippen LogP contribution in [0, 0.1) is 20.8 Å². The fraction of sp³-hybridized carbons (Fsp3) is 0.263. The number of rotatable bonds is 5. The maximum Gasteiger partial charge on any atom is 0.243 e. The Labute approximate surface area is 154 Å². The van der Waals surface area contributed by atoms with Crippen LogP contribution in [0.25, 0.3) is 0 Å². The predicted molar refractivity (Wildman–Crippen MR) is 104 cm³/mol. The van der Waals surface area contributed by atoms with E-state index in [9.17, 15) is 9.59 Å². The largest absolute Gasteiger partial charge is 0.399 e. The van der Waals surface area contributed by atoms with Crippen molar-refractivity contribution in [3.8, 4) is 0 Å². The molecule has 2 aromatic rings. The fourth-order valence-electron chi connectivity index (χ4n) is 2.62. The number of benzene rings is 2. The van der Waals surface area contributed by atoms with Crippen molar-refractivity contribution in [2.24, 2.45) is 0 Å². The molecule has 25 heavy (non-hydrogen) atoms. The van der Waals surface area contributed by atoms with Gasteiger partial charge in [-0.05, 0) is 49.6 Å². The molecule has 0 unspecified atom stereocenters. The van der Waals surface area contributed by atoms with Crippen LogP contribution in [0.3, 0.4) is 0 Å². The minimum Gasteiger partial charge on any atom is -0.399 e. The summed E-state index contributed by atoms with van der Waals surface area (Å²) in [5, 5.41) is 5.50. The molecule has 4 N–H and O–H groups in total. The molecule has 0 spiro atoms. The maximum absolute atomic E-state index is 12.1. The summed E-state index contributed by atoms with van der Waals surface area (Å²) in [5.41, 5.74) is 11.1. The Bertz CT molecular complexity index is 735. The van der Waals surface area contributed by atoms with Crippen LogP contribution in [-0.4, -0.2) is 18.4 Å². The monoisotopic (exact) mass is 361 g/mol. The summed E-state index contributed by atoms with van der Waals surface area (Å²) in [4.78, 5) is 24.0. The fourth-order valence-corrected chi connectivity index (χ4v) is 2.62. The van der Waals surface area contributed by atoms with E-state index in [0.29, 0.717) is 5.69 Å². The van der Waals surface area contributed by atoms with E-state index in [0.717, 1.165) is 27.9 Å². The SMILES string of the molecule is Cc1cc(C)c(NC(=O)CNC(=O)Cc2ccc(N)cc2)c(C)c1.Cl. The molecular weight excluding hydrogens is 338 g/mol. The summed E-state index contributed by atoms with van der Waals surface area (Å²) in [6.07, 6.45) is 0.218. The van der Waals surface area contributed by atoms with Crippen molar-refractivity contribution < 1.29 is 9.59 Å².